The molecule has 0 amide bonds. The number of allylic oxidation sites excluding steroid dienone is 1. The van der Waals surface area contributed by atoms with Gasteiger partial charge in [-0.05, 0) is 19.1 Å². The maximum atomic E-state index is 12.0. The van der Waals surface area contributed by atoms with Crippen LogP contribution in [0.2, 0.25) is 0 Å². The van der Waals surface area contributed by atoms with Gasteiger partial charge in [0.1, 0.15) is 17.2 Å². The topological polar surface area (TPSA) is 66.8 Å². The second kappa shape index (κ2) is 6.13. The molecule has 21 heavy (non-hydrogen) atoms. The molecule has 2 rings (SSSR count). The third kappa shape index (κ3) is 3.05. The Hall–Kier alpha value is -2.75. The highest BCUT2D eigenvalue weighted by molar-refractivity contribution is 6.07. The lowest BCUT2D eigenvalue weighted by Crippen LogP contribution is -1.95. The van der Waals surface area contributed by atoms with E-state index >= 15 is 0 Å². The number of carbonyl (C=O) groups excluding carboxylic acids is 1. The Morgan fingerprint density at radius 2 is 1.81 bits per heavy atom. The summed E-state index contributed by atoms with van der Waals surface area (Å²) in [5.41, 5.74) is 1.42. The van der Waals surface area contributed by atoms with Crippen LogP contribution in [0.4, 0.5) is 0 Å². The predicted octanol–water partition coefficient (Wildman–Crippen LogP) is 3.31. The molecule has 2 aromatic rings. The normalized spacial score (nSPS) is 10.8. The van der Waals surface area contributed by atoms with Gasteiger partial charge in [-0.15, -0.1) is 0 Å². The quantitative estimate of drug-likeness (QED) is 0.667. The van der Waals surface area contributed by atoms with Crippen LogP contribution in [-0.2, 0) is 0 Å². The zero-order valence-electron chi connectivity index (χ0n) is 11.8. The molecular weight excluding hydrogens is 268 g/mol. The molecule has 0 aliphatic heterocycles. The second-order valence-electron chi connectivity index (χ2n) is 4.55. The number of carbonyl (C=O) groups is 1. The standard InChI is InChI=1S/C17H16O4/c1-11-15(19)10-16(20)13(17(11)21-2)8-9-14(18)12-6-4-3-5-7-12/h3-10,19-20H,1-2H3/b9-8-. The van der Waals surface area contributed by atoms with E-state index in [0.29, 0.717) is 22.4 Å². The summed E-state index contributed by atoms with van der Waals surface area (Å²) in [6.45, 7) is 1.67. The van der Waals surface area contributed by atoms with Crippen LogP contribution >= 0.6 is 0 Å². The van der Waals surface area contributed by atoms with Crippen LogP contribution in [0.25, 0.3) is 6.08 Å². The number of benzene rings is 2. The number of hydrogen-bond acceptors (Lipinski definition) is 4. The second-order valence-corrected chi connectivity index (χ2v) is 4.55. The highest BCUT2D eigenvalue weighted by Gasteiger charge is 2.14. The van der Waals surface area contributed by atoms with Gasteiger partial charge < -0.3 is 14.9 Å². The molecule has 0 aromatic heterocycles. The Morgan fingerprint density at radius 1 is 1.14 bits per heavy atom. The number of methoxy groups -OCH3 is 1. The zero-order valence-corrected chi connectivity index (χ0v) is 11.8. The minimum absolute atomic E-state index is 0.0594. The molecule has 0 radical (unpaired) electrons. The molecule has 0 unspecified atom stereocenters. The molecule has 4 nitrogen and oxygen atoms in total. The molecule has 0 atom stereocenters. The van der Waals surface area contributed by atoms with Gasteiger partial charge in [-0.3, -0.25) is 4.79 Å². The highest BCUT2D eigenvalue weighted by Crippen LogP contribution is 2.38. The van der Waals surface area contributed by atoms with Crippen molar-refractivity contribution in [3.05, 3.63) is 59.2 Å². The lowest BCUT2D eigenvalue weighted by atomic mass is 10.0. The maximum Gasteiger partial charge on any atom is 0.185 e. The molecule has 2 aromatic carbocycles. The van der Waals surface area contributed by atoms with Gasteiger partial charge in [0.15, 0.2) is 5.78 Å². The van der Waals surface area contributed by atoms with Crippen molar-refractivity contribution in [2.45, 2.75) is 6.92 Å². The van der Waals surface area contributed by atoms with Crippen LogP contribution < -0.4 is 4.74 Å². The molecule has 2 N–H and O–H groups in total. The average Bonchev–Trinajstić information content (AvgIpc) is 2.50. The first-order valence-electron chi connectivity index (χ1n) is 6.41. The maximum absolute atomic E-state index is 12.0. The largest absolute Gasteiger partial charge is 0.507 e. The molecular formula is C17H16O4. The van der Waals surface area contributed by atoms with Gasteiger partial charge in [-0.1, -0.05) is 30.3 Å². The fourth-order valence-corrected chi connectivity index (χ4v) is 2.03. The monoisotopic (exact) mass is 284 g/mol. The summed E-state index contributed by atoms with van der Waals surface area (Å²) in [7, 11) is 1.44. The molecule has 0 heterocycles. The van der Waals surface area contributed by atoms with E-state index in [1.807, 2.05) is 6.07 Å². The number of phenolic OH excluding ortho intramolecular Hbond substituents is 2. The van der Waals surface area contributed by atoms with Crippen molar-refractivity contribution in [3.63, 3.8) is 0 Å². The van der Waals surface area contributed by atoms with Crippen LogP contribution in [0.3, 0.4) is 0 Å². The Labute approximate surface area is 122 Å². The molecule has 108 valence electrons. The van der Waals surface area contributed by atoms with Crippen molar-refractivity contribution in [1.29, 1.82) is 0 Å². The third-order valence-electron chi connectivity index (χ3n) is 3.18. The van der Waals surface area contributed by atoms with Crippen LogP contribution in [0.5, 0.6) is 17.2 Å². The van der Waals surface area contributed by atoms with E-state index in [4.69, 9.17) is 4.74 Å². The summed E-state index contributed by atoms with van der Waals surface area (Å²) in [5, 5.41) is 19.6. The summed E-state index contributed by atoms with van der Waals surface area (Å²) in [6.07, 6.45) is 2.85. The van der Waals surface area contributed by atoms with Crippen molar-refractivity contribution in [1.82, 2.24) is 0 Å². The van der Waals surface area contributed by atoms with Gasteiger partial charge in [0, 0.05) is 17.2 Å². The number of aromatic hydroxyl groups is 2. The fourth-order valence-electron chi connectivity index (χ4n) is 2.03. The van der Waals surface area contributed by atoms with Crippen LogP contribution in [0.1, 0.15) is 21.5 Å². The van der Waals surface area contributed by atoms with E-state index in [1.54, 1.807) is 31.2 Å². The Balaban J connectivity index is 2.38. The fraction of sp³-hybridized carbons (Fsp3) is 0.118. The van der Waals surface area contributed by atoms with Crippen LogP contribution in [0, 0.1) is 6.92 Å². The van der Waals surface area contributed by atoms with Gasteiger partial charge in [0.05, 0.1) is 12.7 Å². The lowest BCUT2D eigenvalue weighted by molar-refractivity contribution is 0.104. The molecule has 0 saturated carbocycles. The predicted molar refractivity (Wildman–Crippen MR) is 80.9 cm³/mol. The van der Waals surface area contributed by atoms with Gasteiger partial charge in [-0.2, -0.15) is 0 Å². The summed E-state index contributed by atoms with van der Waals surface area (Å²) < 4.78 is 5.19. The van der Waals surface area contributed by atoms with Crippen molar-refractivity contribution in [3.8, 4) is 17.2 Å². The van der Waals surface area contributed by atoms with Crippen LogP contribution in [0.15, 0.2) is 42.5 Å². The zero-order chi connectivity index (χ0) is 15.4. The van der Waals surface area contributed by atoms with E-state index in [-0.39, 0.29) is 17.3 Å². The van der Waals surface area contributed by atoms with Gasteiger partial charge in [0.2, 0.25) is 0 Å². The molecule has 0 spiro atoms. The number of ketones is 1. The first kappa shape index (κ1) is 14.7. The number of phenols is 2. The smallest absolute Gasteiger partial charge is 0.185 e. The van der Waals surface area contributed by atoms with Gasteiger partial charge in [-0.25, -0.2) is 0 Å². The number of ether oxygens (including phenoxy) is 1. The first-order chi connectivity index (χ1) is 10.0. The van der Waals surface area contributed by atoms with E-state index in [0.717, 1.165) is 0 Å². The van der Waals surface area contributed by atoms with Crippen LogP contribution in [-0.4, -0.2) is 23.1 Å². The van der Waals surface area contributed by atoms with E-state index in [9.17, 15) is 15.0 Å². The van der Waals surface area contributed by atoms with Crippen molar-refractivity contribution in [2.75, 3.05) is 7.11 Å². The Morgan fingerprint density at radius 3 is 2.43 bits per heavy atom. The van der Waals surface area contributed by atoms with Gasteiger partial charge in [0.25, 0.3) is 0 Å². The van der Waals surface area contributed by atoms with E-state index < -0.39 is 0 Å². The first-order valence-corrected chi connectivity index (χ1v) is 6.41. The van der Waals surface area contributed by atoms with Crippen molar-refractivity contribution >= 4 is 11.9 Å². The van der Waals surface area contributed by atoms with Gasteiger partial charge >= 0.3 is 0 Å². The van der Waals surface area contributed by atoms with Crippen molar-refractivity contribution in [2.24, 2.45) is 0 Å². The summed E-state index contributed by atoms with van der Waals surface area (Å²) >= 11 is 0. The number of rotatable bonds is 4. The van der Waals surface area contributed by atoms with E-state index in [1.165, 1.54) is 25.3 Å². The Bertz CT molecular complexity index is 688. The minimum atomic E-state index is -0.178. The molecule has 0 saturated heterocycles. The minimum Gasteiger partial charge on any atom is -0.507 e. The molecule has 4 heteroatoms. The molecule has 0 fully saturated rings. The average molecular weight is 284 g/mol. The lowest BCUT2D eigenvalue weighted by Gasteiger charge is -2.11. The summed E-state index contributed by atoms with van der Waals surface area (Å²) in [5.74, 6) is -0.0460. The summed E-state index contributed by atoms with van der Waals surface area (Å²) in [6, 6.07) is 10.1. The SMILES string of the molecule is COc1c(C)c(O)cc(O)c1/C=C\C(=O)c1ccccc1. The molecule has 0 aliphatic carbocycles. The molecule has 0 aliphatic rings. The molecule has 0 bridgehead atoms. The summed E-state index contributed by atoms with van der Waals surface area (Å²) in [4.78, 5) is 12.0. The van der Waals surface area contributed by atoms with E-state index in [2.05, 4.69) is 0 Å². The highest BCUT2D eigenvalue weighted by atomic mass is 16.5. The third-order valence-corrected chi connectivity index (χ3v) is 3.18. The Kier molecular flexibility index (Phi) is 4.28. The van der Waals surface area contributed by atoms with Crippen molar-refractivity contribution < 1.29 is 19.7 Å². The number of hydrogen-bond donors (Lipinski definition) is 2.